The van der Waals surface area contributed by atoms with Gasteiger partial charge in [0.15, 0.2) is 0 Å². The molecule has 1 nitrogen and oxygen atoms in total. The van der Waals surface area contributed by atoms with Gasteiger partial charge in [0.1, 0.15) is 5.76 Å². The third kappa shape index (κ3) is 2.76. The minimum absolute atomic E-state index is 0.322. The highest BCUT2D eigenvalue weighted by molar-refractivity contribution is 5.42. The quantitative estimate of drug-likeness (QED) is 0.611. The fourth-order valence-electron chi connectivity index (χ4n) is 6.03. The maximum Gasteiger partial charge on any atom is 0.104 e. The summed E-state index contributed by atoms with van der Waals surface area (Å²) < 4.78 is 5.73. The van der Waals surface area contributed by atoms with Crippen LogP contribution in [0.5, 0.6) is 0 Å². The van der Waals surface area contributed by atoms with Gasteiger partial charge in [0, 0.05) is 6.42 Å². The summed E-state index contributed by atoms with van der Waals surface area (Å²) in [6, 6.07) is 11.5. The number of fused-ring (bicyclic) bond motifs is 3. The van der Waals surface area contributed by atoms with Crippen molar-refractivity contribution in [1.82, 2.24) is 0 Å². The first kappa shape index (κ1) is 16.9. The van der Waals surface area contributed by atoms with Crippen LogP contribution in [0.2, 0.25) is 0 Å². The zero-order chi connectivity index (χ0) is 17.7. The van der Waals surface area contributed by atoms with Gasteiger partial charge in [-0.05, 0) is 77.2 Å². The van der Waals surface area contributed by atoms with E-state index in [1.165, 1.54) is 37.7 Å². The van der Waals surface area contributed by atoms with Crippen LogP contribution in [0.4, 0.5) is 0 Å². The zero-order valence-corrected chi connectivity index (χ0v) is 16.3. The van der Waals surface area contributed by atoms with Crippen molar-refractivity contribution in [3.05, 3.63) is 59.0 Å². The molecule has 3 atom stereocenters. The molecule has 0 N–H and O–H groups in total. The molecule has 1 heterocycles. The Labute approximate surface area is 152 Å². The molecule has 1 aromatic carbocycles. The smallest absolute Gasteiger partial charge is 0.104 e. The molecule has 2 aromatic rings. The Kier molecular flexibility index (Phi) is 4.09. The molecule has 0 aliphatic heterocycles. The lowest BCUT2D eigenvalue weighted by Crippen LogP contribution is -2.49. The van der Waals surface area contributed by atoms with Gasteiger partial charge in [0.05, 0.1) is 6.26 Å². The van der Waals surface area contributed by atoms with Crippen LogP contribution in [-0.4, -0.2) is 0 Å². The summed E-state index contributed by atoms with van der Waals surface area (Å²) in [6.45, 7) is 9.67. The monoisotopic (exact) mass is 336 g/mol. The van der Waals surface area contributed by atoms with Gasteiger partial charge in [-0.2, -0.15) is 0 Å². The van der Waals surface area contributed by atoms with Gasteiger partial charge in [0.25, 0.3) is 0 Å². The van der Waals surface area contributed by atoms with Gasteiger partial charge in [0.2, 0.25) is 0 Å². The number of furan rings is 1. The van der Waals surface area contributed by atoms with Crippen molar-refractivity contribution in [2.24, 2.45) is 11.3 Å². The van der Waals surface area contributed by atoms with Gasteiger partial charge in [-0.15, -0.1) is 0 Å². The van der Waals surface area contributed by atoms with Crippen LogP contribution in [0, 0.1) is 11.3 Å². The van der Waals surface area contributed by atoms with Gasteiger partial charge < -0.3 is 4.42 Å². The lowest BCUT2D eigenvalue weighted by molar-refractivity contribution is 0.0221. The van der Waals surface area contributed by atoms with Crippen LogP contribution in [0.15, 0.2) is 41.0 Å². The fourth-order valence-corrected chi connectivity index (χ4v) is 6.03. The zero-order valence-electron chi connectivity index (χ0n) is 16.3. The van der Waals surface area contributed by atoms with Crippen LogP contribution in [0.3, 0.4) is 0 Å². The third-order valence-corrected chi connectivity index (χ3v) is 7.33. The summed E-state index contributed by atoms with van der Waals surface area (Å²) in [5.74, 6) is 2.52. The maximum atomic E-state index is 5.73. The first-order valence-electron chi connectivity index (χ1n) is 10.1. The van der Waals surface area contributed by atoms with Crippen LogP contribution in [0.1, 0.15) is 81.7 Å². The second-order valence-corrected chi connectivity index (χ2v) is 9.34. The largest absolute Gasteiger partial charge is 0.469 e. The van der Waals surface area contributed by atoms with Crippen molar-refractivity contribution in [1.29, 1.82) is 0 Å². The number of aryl methyl sites for hydroxylation is 1. The molecule has 0 radical (unpaired) electrons. The highest BCUT2D eigenvalue weighted by atomic mass is 16.3. The van der Waals surface area contributed by atoms with E-state index in [4.69, 9.17) is 4.42 Å². The van der Waals surface area contributed by atoms with Crippen molar-refractivity contribution in [2.75, 3.05) is 0 Å². The summed E-state index contributed by atoms with van der Waals surface area (Å²) >= 11 is 0. The highest BCUT2D eigenvalue weighted by Gasteiger charge is 2.51. The molecule has 1 saturated carbocycles. The topological polar surface area (TPSA) is 13.1 Å². The molecular formula is C24H32O. The minimum atomic E-state index is 0.322. The Hall–Kier alpha value is -1.50. The lowest BCUT2D eigenvalue weighted by Gasteiger charge is -2.55. The molecule has 134 valence electrons. The maximum absolute atomic E-state index is 5.73. The van der Waals surface area contributed by atoms with Gasteiger partial charge >= 0.3 is 0 Å². The average molecular weight is 337 g/mol. The van der Waals surface area contributed by atoms with Crippen LogP contribution in [0.25, 0.3) is 0 Å². The van der Waals surface area contributed by atoms with Crippen molar-refractivity contribution in [2.45, 2.75) is 77.6 Å². The third-order valence-electron chi connectivity index (χ3n) is 7.33. The predicted molar refractivity (Wildman–Crippen MR) is 104 cm³/mol. The highest BCUT2D eigenvalue weighted by Crippen LogP contribution is 2.58. The molecular weight excluding hydrogens is 304 g/mol. The average Bonchev–Trinajstić information content (AvgIpc) is 3.06. The van der Waals surface area contributed by atoms with E-state index in [0.717, 1.165) is 18.1 Å². The Morgan fingerprint density at radius 1 is 1.16 bits per heavy atom. The van der Waals surface area contributed by atoms with Gasteiger partial charge in [-0.1, -0.05) is 52.3 Å². The first-order valence-corrected chi connectivity index (χ1v) is 10.1. The van der Waals surface area contributed by atoms with E-state index in [0.29, 0.717) is 16.7 Å². The second-order valence-electron chi connectivity index (χ2n) is 9.34. The summed E-state index contributed by atoms with van der Waals surface area (Å²) in [6.07, 6.45) is 9.46. The molecule has 4 rings (SSSR count). The van der Waals surface area contributed by atoms with E-state index in [-0.39, 0.29) is 0 Å². The summed E-state index contributed by atoms with van der Waals surface area (Å²) in [5, 5.41) is 0. The number of rotatable bonds is 3. The van der Waals surface area contributed by atoms with Crippen molar-refractivity contribution in [3.63, 3.8) is 0 Å². The van der Waals surface area contributed by atoms with E-state index >= 15 is 0 Å². The Morgan fingerprint density at radius 3 is 2.72 bits per heavy atom. The summed E-state index contributed by atoms with van der Waals surface area (Å²) in [5.41, 5.74) is 5.42. The molecule has 0 unspecified atom stereocenters. The minimum Gasteiger partial charge on any atom is -0.469 e. The van der Waals surface area contributed by atoms with Crippen molar-refractivity contribution < 1.29 is 4.42 Å². The van der Waals surface area contributed by atoms with Crippen molar-refractivity contribution >= 4 is 0 Å². The summed E-state index contributed by atoms with van der Waals surface area (Å²) in [7, 11) is 0. The lowest BCUT2D eigenvalue weighted by atomic mass is 9.49. The predicted octanol–water partition coefficient (Wildman–Crippen LogP) is 6.66. The molecule has 1 aromatic heterocycles. The Bertz CT molecular complexity index is 741. The fraction of sp³-hybridized carbons (Fsp3) is 0.583. The van der Waals surface area contributed by atoms with Crippen LogP contribution >= 0.6 is 0 Å². The van der Waals surface area contributed by atoms with Gasteiger partial charge in [-0.25, -0.2) is 0 Å². The van der Waals surface area contributed by atoms with Crippen LogP contribution < -0.4 is 0 Å². The SMILES string of the molecule is CC(C)c1ccc2c(c1)CC[C@H]1[C@@](C)(Cc3ccco3)CCC[C@]21C. The molecule has 2 aliphatic rings. The van der Waals surface area contributed by atoms with E-state index in [9.17, 15) is 0 Å². The number of benzene rings is 1. The van der Waals surface area contributed by atoms with E-state index in [2.05, 4.69) is 52.0 Å². The molecule has 0 saturated heterocycles. The second kappa shape index (κ2) is 6.04. The molecule has 1 heteroatoms. The number of hydrogen-bond donors (Lipinski definition) is 0. The Balaban J connectivity index is 1.71. The van der Waals surface area contributed by atoms with Gasteiger partial charge in [-0.3, -0.25) is 0 Å². The standard InChI is InChI=1S/C24H32O/c1-17(2)18-8-10-21-19(15-18)9-11-22-23(3,12-6-13-24(21,22)4)16-20-7-5-14-25-20/h5,7-8,10,14-15,17,22H,6,9,11-13,16H2,1-4H3/t22-,23+,24+/m0/s1. The van der Waals surface area contributed by atoms with Crippen LogP contribution in [-0.2, 0) is 18.3 Å². The first-order chi connectivity index (χ1) is 11.9. The van der Waals surface area contributed by atoms with E-state index < -0.39 is 0 Å². The van der Waals surface area contributed by atoms with E-state index in [1.807, 2.05) is 12.3 Å². The molecule has 0 spiro atoms. The molecule has 0 amide bonds. The molecule has 0 bridgehead atoms. The summed E-state index contributed by atoms with van der Waals surface area (Å²) in [4.78, 5) is 0. The normalized spacial score (nSPS) is 31.6. The molecule has 25 heavy (non-hydrogen) atoms. The van der Waals surface area contributed by atoms with E-state index in [1.54, 1.807) is 11.1 Å². The number of hydrogen-bond acceptors (Lipinski definition) is 1. The molecule has 2 aliphatic carbocycles. The molecule has 1 fully saturated rings. The van der Waals surface area contributed by atoms with Crippen molar-refractivity contribution in [3.8, 4) is 0 Å². The Morgan fingerprint density at radius 2 is 2.00 bits per heavy atom.